The number of alkyl halides is 3. The number of rotatable bonds is 5. The molecule has 1 fully saturated rings. The number of benzene rings is 1. The molecule has 130 valence electrons. The van der Waals surface area contributed by atoms with Crippen LogP contribution in [0.1, 0.15) is 43.9 Å². The molecule has 0 aromatic heterocycles. The first-order chi connectivity index (χ1) is 10.9. The van der Waals surface area contributed by atoms with Crippen LogP contribution in [0.25, 0.3) is 0 Å². The molecular weight excluding hydrogens is 325 g/mol. The Labute approximate surface area is 141 Å². The van der Waals surface area contributed by atoms with Crippen molar-refractivity contribution in [3.8, 4) is 0 Å². The number of halogens is 4. The molecule has 0 bridgehead atoms. The highest BCUT2D eigenvalue weighted by Crippen LogP contribution is 2.43. The van der Waals surface area contributed by atoms with Gasteiger partial charge in [0.2, 0.25) is 0 Å². The average molecular weight is 349 g/mol. The summed E-state index contributed by atoms with van der Waals surface area (Å²) in [5, 5.41) is 3.47. The van der Waals surface area contributed by atoms with Gasteiger partial charge < -0.3 is 5.32 Å². The zero-order valence-electron chi connectivity index (χ0n) is 13.6. The lowest BCUT2D eigenvalue weighted by atomic mass is 9.86. The fourth-order valence-electron chi connectivity index (χ4n) is 3.49. The van der Waals surface area contributed by atoms with E-state index in [1.807, 2.05) is 6.92 Å². The van der Waals surface area contributed by atoms with Crippen LogP contribution in [0.15, 0.2) is 18.2 Å². The molecule has 0 aliphatic carbocycles. The summed E-state index contributed by atoms with van der Waals surface area (Å²) in [6.45, 7) is 7.15. The summed E-state index contributed by atoms with van der Waals surface area (Å²) in [4.78, 5) is 2.15. The molecule has 0 saturated carbocycles. The molecule has 1 aliphatic heterocycles. The van der Waals surface area contributed by atoms with E-state index < -0.39 is 11.7 Å². The van der Waals surface area contributed by atoms with Crippen LogP contribution in [0.2, 0.25) is 5.02 Å². The number of hydrogen-bond donors (Lipinski definition) is 1. The first-order valence-electron chi connectivity index (χ1n) is 8.16. The predicted octanol–water partition coefficient (Wildman–Crippen LogP) is 4.74. The molecule has 6 heteroatoms. The van der Waals surface area contributed by atoms with Crippen molar-refractivity contribution in [1.82, 2.24) is 10.2 Å². The van der Waals surface area contributed by atoms with Gasteiger partial charge in [-0.3, -0.25) is 4.90 Å². The Balaban J connectivity index is 2.50. The summed E-state index contributed by atoms with van der Waals surface area (Å²) >= 11 is 6.25. The lowest BCUT2D eigenvalue weighted by Gasteiger charge is -2.40. The first-order valence-corrected chi connectivity index (χ1v) is 8.54. The lowest BCUT2D eigenvalue weighted by Crippen LogP contribution is -2.47. The third kappa shape index (κ3) is 4.40. The van der Waals surface area contributed by atoms with Gasteiger partial charge in [-0.2, -0.15) is 13.2 Å². The van der Waals surface area contributed by atoms with Gasteiger partial charge in [-0.1, -0.05) is 37.9 Å². The maximum Gasteiger partial charge on any atom is 0.416 e. The van der Waals surface area contributed by atoms with Crippen molar-refractivity contribution >= 4 is 11.6 Å². The van der Waals surface area contributed by atoms with Gasteiger partial charge >= 0.3 is 6.18 Å². The van der Waals surface area contributed by atoms with Gasteiger partial charge in [0.05, 0.1) is 5.56 Å². The molecule has 1 heterocycles. The smallest absolute Gasteiger partial charge is 0.314 e. The fraction of sp³-hybridized carbons (Fsp3) is 0.647. The molecule has 1 N–H and O–H groups in total. The van der Waals surface area contributed by atoms with Crippen LogP contribution in [0.3, 0.4) is 0 Å². The minimum Gasteiger partial charge on any atom is -0.314 e. The molecule has 1 aliphatic rings. The molecule has 1 saturated heterocycles. The van der Waals surface area contributed by atoms with E-state index >= 15 is 0 Å². The Morgan fingerprint density at radius 3 is 2.48 bits per heavy atom. The van der Waals surface area contributed by atoms with Crippen molar-refractivity contribution in [2.45, 2.75) is 38.9 Å². The van der Waals surface area contributed by atoms with Gasteiger partial charge in [-0.05, 0) is 24.5 Å². The number of piperazine rings is 1. The normalized spacial score (nSPS) is 19.6. The second-order valence-electron chi connectivity index (χ2n) is 6.20. The number of hydrogen-bond acceptors (Lipinski definition) is 2. The Kier molecular flexibility index (Phi) is 6.34. The number of nitrogens with zero attached hydrogens (tertiary/aromatic N) is 1. The molecule has 2 rings (SSSR count). The molecule has 0 spiro atoms. The summed E-state index contributed by atoms with van der Waals surface area (Å²) in [7, 11) is 0. The molecule has 23 heavy (non-hydrogen) atoms. The second kappa shape index (κ2) is 7.86. The third-order valence-corrected chi connectivity index (χ3v) is 4.81. The van der Waals surface area contributed by atoms with E-state index in [4.69, 9.17) is 11.6 Å². The topological polar surface area (TPSA) is 15.3 Å². The Morgan fingerprint density at radius 1 is 1.26 bits per heavy atom. The first kappa shape index (κ1) is 18.6. The molecule has 1 aromatic rings. The Morgan fingerprint density at radius 2 is 1.91 bits per heavy atom. The predicted molar refractivity (Wildman–Crippen MR) is 87.7 cm³/mol. The summed E-state index contributed by atoms with van der Waals surface area (Å²) in [5.41, 5.74) is -0.360. The second-order valence-corrected chi connectivity index (χ2v) is 6.60. The molecule has 1 aromatic carbocycles. The Bertz CT molecular complexity index is 513. The van der Waals surface area contributed by atoms with E-state index in [0.717, 1.165) is 45.1 Å². The van der Waals surface area contributed by atoms with E-state index in [1.165, 1.54) is 6.07 Å². The minimum absolute atomic E-state index is 0.110. The summed E-state index contributed by atoms with van der Waals surface area (Å²) in [6.07, 6.45) is -2.58. The van der Waals surface area contributed by atoms with Crippen molar-refractivity contribution in [2.24, 2.45) is 5.92 Å². The van der Waals surface area contributed by atoms with Crippen LogP contribution < -0.4 is 5.32 Å². The average Bonchev–Trinajstić information content (AvgIpc) is 2.49. The van der Waals surface area contributed by atoms with Crippen molar-refractivity contribution in [3.63, 3.8) is 0 Å². The van der Waals surface area contributed by atoms with Gasteiger partial charge in [-0.15, -0.1) is 0 Å². The highest BCUT2D eigenvalue weighted by Gasteiger charge is 2.39. The van der Waals surface area contributed by atoms with Gasteiger partial charge in [0.25, 0.3) is 0 Å². The van der Waals surface area contributed by atoms with Crippen molar-refractivity contribution in [1.29, 1.82) is 0 Å². The van der Waals surface area contributed by atoms with Crippen LogP contribution in [0.5, 0.6) is 0 Å². The standard InChI is InChI=1S/C17H24ClF3N2/c1-3-5-12(2)16(23-10-8-22-9-11-23)15-13(17(19,20)21)6-4-7-14(15)18/h4,6-7,12,16,22H,3,5,8-11H2,1-2H3/t12?,16-/m0/s1. The Hall–Kier alpha value is -0.780. The van der Waals surface area contributed by atoms with Gasteiger partial charge in [0.1, 0.15) is 0 Å². The van der Waals surface area contributed by atoms with E-state index in [1.54, 1.807) is 6.07 Å². The van der Waals surface area contributed by atoms with Crippen molar-refractivity contribution < 1.29 is 13.2 Å². The molecular formula is C17H24ClF3N2. The van der Waals surface area contributed by atoms with Crippen molar-refractivity contribution in [3.05, 3.63) is 34.3 Å². The quantitative estimate of drug-likeness (QED) is 0.826. The molecule has 0 amide bonds. The molecule has 1 unspecified atom stereocenters. The molecule has 2 atom stereocenters. The van der Waals surface area contributed by atoms with Gasteiger partial charge in [0, 0.05) is 42.8 Å². The van der Waals surface area contributed by atoms with Crippen LogP contribution in [0.4, 0.5) is 13.2 Å². The van der Waals surface area contributed by atoms with Crippen molar-refractivity contribution in [2.75, 3.05) is 26.2 Å². The maximum atomic E-state index is 13.5. The van der Waals surface area contributed by atoms with Gasteiger partial charge in [-0.25, -0.2) is 0 Å². The highest BCUT2D eigenvalue weighted by atomic mass is 35.5. The van der Waals surface area contributed by atoms with E-state index in [2.05, 4.69) is 17.1 Å². The van der Waals surface area contributed by atoms with E-state index in [0.29, 0.717) is 0 Å². The maximum absolute atomic E-state index is 13.5. The summed E-state index contributed by atoms with van der Waals surface area (Å²) < 4.78 is 40.5. The highest BCUT2D eigenvalue weighted by molar-refractivity contribution is 6.31. The van der Waals surface area contributed by atoms with E-state index in [-0.39, 0.29) is 22.5 Å². The van der Waals surface area contributed by atoms with Gasteiger partial charge in [0.15, 0.2) is 0 Å². The monoisotopic (exact) mass is 348 g/mol. The van der Waals surface area contributed by atoms with E-state index in [9.17, 15) is 13.2 Å². The summed E-state index contributed by atoms with van der Waals surface area (Å²) in [5.74, 6) is 0.110. The lowest BCUT2D eigenvalue weighted by molar-refractivity contribution is -0.139. The minimum atomic E-state index is -4.39. The zero-order valence-corrected chi connectivity index (χ0v) is 14.3. The largest absolute Gasteiger partial charge is 0.416 e. The number of nitrogens with one attached hydrogen (secondary N) is 1. The fourth-order valence-corrected chi connectivity index (χ4v) is 3.77. The van der Waals surface area contributed by atoms with Crippen LogP contribution >= 0.6 is 11.6 Å². The third-order valence-electron chi connectivity index (χ3n) is 4.48. The zero-order chi connectivity index (χ0) is 17.0. The summed E-state index contributed by atoms with van der Waals surface area (Å²) in [6, 6.07) is 3.80. The molecule has 0 radical (unpaired) electrons. The SMILES string of the molecule is CCCC(C)[C@@H](c1c(Cl)cccc1C(F)(F)F)N1CCNCC1. The molecule has 2 nitrogen and oxygen atoms in total. The van der Waals surface area contributed by atoms with Crippen LogP contribution in [-0.2, 0) is 6.18 Å². The van der Waals surface area contributed by atoms with Crippen LogP contribution in [0, 0.1) is 5.92 Å². The van der Waals surface area contributed by atoms with Crippen LogP contribution in [-0.4, -0.2) is 31.1 Å².